The Bertz CT molecular complexity index is 142. The molecule has 0 aromatic heterocycles. The zero-order chi connectivity index (χ0) is 8.20. The fraction of sp³-hybridized carbons (Fsp3) is 0.333. The van der Waals surface area contributed by atoms with E-state index in [9.17, 15) is 13.2 Å². The van der Waals surface area contributed by atoms with Gasteiger partial charge in [0, 0.05) is 0 Å². The van der Waals surface area contributed by atoms with Crippen LogP contribution in [0.3, 0.4) is 0 Å². The van der Waals surface area contributed by atoms with Crippen molar-refractivity contribution in [1.29, 1.82) is 0 Å². The summed E-state index contributed by atoms with van der Waals surface area (Å²) in [5.74, 6) is -5.30. The molecule has 0 aliphatic rings. The predicted octanol–water partition coefficient (Wildman–Crippen LogP) is 2.27. The van der Waals surface area contributed by atoms with E-state index < -0.39 is 18.4 Å². The van der Waals surface area contributed by atoms with Gasteiger partial charge in [-0.25, -0.2) is 4.39 Å². The Labute approximate surface area is 56.8 Å². The Hall–Kier alpha value is -0.930. The molecule has 0 spiro atoms. The lowest BCUT2D eigenvalue weighted by Gasteiger charge is -2.11. The Morgan fingerprint density at radius 3 is 2.40 bits per heavy atom. The third-order valence-electron chi connectivity index (χ3n) is 0.779. The van der Waals surface area contributed by atoms with Gasteiger partial charge in [-0.2, -0.15) is 8.78 Å². The average molecular weight is 152 g/mol. The molecule has 0 unspecified atom stereocenters. The summed E-state index contributed by atoms with van der Waals surface area (Å²) in [5.41, 5.74) is 0. The summed E-state index contributed by atoms with van der Waals surface area (Å²) in [6.07, 6.45) is 0.816. The summed E-state index contributed by atoms with van der Waals surface area (Å²) >= 11 is 0. The van der Waals surface area contributed by atoms with Crippen molar-refractivity contribution in [1.82, 2.24) is 0 Å². The van der Waals surface area contributed by atoms with Crippen LogP contribution in [0.15, 0.2) is 25.2 Å². The van der Waals surface area contributed by atoms with E-state index in [1.165, 1.54) is 0 Å². The van der Waals surface area contributed by atoms with Crippen LogP contribution in [0.1, 0.15) is 0 Å². The van der Waals surface area contributed by atoms with Crippen LogP contribution in [0.5, 0.6) is 0 Å². The number of rotatable bonds is 4. The minimum atomic E-state index is -3.60. The molecule has 0 rings (SSSR count). The number of hydrogen-bond acceptors (Lipinski definition) is 1. The molecule has 10 heavy (non-hydrogen) atoms. The van der Waals surface area contributed by atoms with Gasteiger partial charge < -0.3 is 4.74 Å². The van der Waals surface area contributed by atoms with Crippen LogP contribution in [0.25, 0.3) is 0 Å². The van der Waals surface area contributed by atoms with Crippen molar-refractivity contribution >= 4 is 0 Å². The highest BCUT2D eigenvalue weighted by molar-refractivity contribution is 4.97. The maximum absolute atomic E-state index is 12.1. The van der Waals surface area contributed by atoms with E-state index in [1.54, 1.807) is 0 Å². The standard InChI is InChI=1S/C6H7F3O/c1-3-10-4-6(8,9)5(2)7/h3H,1-2,4H2. The number of hydrogen-bond donors (Lipinski definition) is 0. The molecule has 1 nitrogen and oxygen atoms in total. The monoisotopic (exact) mass is 152 g/mol. The van der Waals surface area contributed by atoms with Crippen molar-refractivity contribution in [2.75, 3.05) is 6.61 Å². The molecule has 0 amide bonds. The number of alkyl halides is 2. The van der Waals surface area contributed by atoms with E-state index in [0.29, 0.717) is 0 Å². The summed E-state index contributed by atoms with van der Waals surface area (Å²) in [4.78, 5) is 0. The van der Waals surface area contributed by atoms with Crippen molar-refractivity contribution in [3.63, 3.8) is 0 Å². The zero-order valence-corrected chi connectivity index (χ0v) is 5.24. The Balaban J connectivity index is 3.86. The molecule has 0 N–H and O–H groups in total. The van der Waals surface area contributed by atoms with Crippen LogP contribution >= 0.6 is 0 Å². The fourth-order valence-electron chi connectivity index (χ4n) is 0.242. The normalized spacial score (nSPS) is 10.7. The molecular formula is C6H7F3O. The van der Waals surface area contributed by atoms with E-state index >= 15 is 0 Å². The third kappa shape index (κ3) is 2.57. The molecule has 0 radical (unpaired) electrons. The number of halogens is 3. The van der Waals surface area contributed by atoms with Crippen LogP contribution < -0.4 is 0 Å². The molecule has 0 aliphatic heterocycles. The van der Waals surface area contributed by atoms with E-state index in [2.05, 4.69) is 17.9 Å². The zero-order valence-electron chi connectivity index (χ0n) is 5.24. The molecule has 0 aromatic rings. The fourth-order valence-corrected chi connectivity index (χ4v) is 0.242. The van der Waals surface area contributed by atoms with Gasteiger partial charge in [-0.15, -0.1) is 0 Å². The Kier molecular flexibility index (Phi) is 2.99. The SMILES string of the molecule is C=COCC(F)(F)C(=C)F. The van der Waals surface area contributed by atoms with Gasteiger partial charge in [0.15, 0.2) is 12.4 Å². The summed E-state index contributed by atoms with van der Waals surface area (Å²) in [6, 6.07) is 0. The van der Waals surface area contributed by atoms with E-state index in [4.69, 9.17) is 0 Å². The largest absolute Gasteiger partial charge is 0.495 e. The quantitative estimate of drug-likeness (QED) is 0.561. The molecule has 4 heteroatoms. The van der Waals surface area contributed by atoms with E-state index in [0.717, 1.165) is 6.26 Å². The summed E-state index contributed by atoms with van der Waals surface area (Å²) in [7, 11) is 0. The third-order valence-corrected chi connectivity index (χ3v) is 0.779. The highest BCUT2D eigenvalue weighted by atomic mass is 19.3. The van der Waals surface area contributed by atoms with E-state index in [1.807, 2.05) is 0 Å². The molecule has 0 heterocycles. The first-order chi connectivity index (χ1) is 4.50. The second-order valence-corrected chi connectivity index (χ2v) is 1.59. The van der Waals surface area contributed by atoms with Gasteiger partial charge in [-0.1, -0.05) is 13.2 Å². The van der Waals surface area contributed by atoms with Crippen LogP contribution in [-0.4, -0.2) is 12.5 Å². The predicted molar refractivity (Wildman–Crippen MR) is 31.3 cm³/mol. The molecule has 58 valence electrons. The lowest BCUT2D eigenvalue weighted by Crippen LogP contribution is -2.22. The Morgan fingerprint density at radius 2 is 2.10 bits per heavy atom. The molecule has 0 aliphatic carbocycles. The van der Waals surface area contributed by atoms with Crippen molar-refractivity contribution in [2.24, 2.45) is 0 Å². The van der Waals surface area contributed by atoms with Gasteiger partial charge in [0.2, 0.25) is 0 Å². The minimum absolute atomic E-state index is 0.816. The second-order valence-electron chi connectivity index (χ2n) is 1.59. The minimum Gasteiger partial charge on any atom is -0.495 e. The molecule has 0 saturated heterocycles. The number of ether oxygens (including phenoxy) is 1. The van der Waals surface area contributed by atoms with Crippen molar-refractivity contribution in [2.45, 2.75) is 5.92 Å². The molecule has 0 bridgehead atoms. The maximum Gasteiger partial charge on any atom is 0.331 e. The van der Waals surface area contributed by atoms with Gasteiger partial charge in [0.05, 0.1) is 6.26 Å². The van der Waals surface area contributed by atoms with Crippen molar-refractivity contribution in [3.8, 4) is 0 Å². The lowest BCUT2D eigenvalue weighted by molar-refractivity contribution is -0.0372. The summed E-state index contributed by atoms with van der Waals surface area (Å²) in [6.45, 7) is 4.41. The highest BCUT2D eigenvalue weighted by Crippen LogP contribution is 2.23. The smallest absolute Gasteiger partial charge is 0.331 e. The first-order valence-electron chi connectivity index (χ1n) is 2.46. The van der Waals surface area contributed by atoms with Crippen LogP contribution in [0.2, 0.25) is 0 Å². The van der Waals surface area contributed by atoms with E-state index in [-0.39, 0.29) is 0 Å². The first-order valence-corrected chi connectivity index (χ1v) is 2.46. The molecule has 0 atom stereocenters. The summed E-state index contributed by atoms with van der Waals surface area (Å²) < 4.78 is 40.0. The summed E-state index contributed by atoms with van der Waals surface area (Å²) in [5, 5.41) is 0. The molecular weight excluding hydrogens is 145 g/mol. The molecule has 0 aromatic carbocycles. The van der Waals surface area contributed by atoms with Gasteiger partial charge in [-0.3, -0.25) is 0 Å². The first kappa shape index (κ1) is 9.07. The van der Waals surface area contributed by atoms with Crippen molar-refractivity contribution < 1.29 is 17.9 Å². The second kappa shape index (κ2) is 3.29. The maximum atomic E-state index is 12.1. The molecule has 0 saturated carbocycles. The van der Waals surface area contributed by atoms with Gasteiger partial charge in [-0.05, 0) is 0 Å². The van der Waals surface area contributed by atoms with Crippen LogP contribution in [-0.2, 0) is 4.74 Å². The highest BCUT2D eigenvalue weighted by Gasteiger charge is 2.34. The molecule has 0 fully saturated rings. The topological polar surface area (TPSA) is 9.23 Å². The van der Waals surface area contributed by atoms with Crippen LogP contribution in [0.4, 0.5) is 13.2 Å². The average Bonchev–Trinajstić information content (AvgIpc) is 1.84. The van der Waals surface area contributed by atoms with Crippen LogP contribution in [0, 0.1) is 0 Å². The Morgan fingerprint density at radius 1 is 1.60 bits per heavy atom. The van der Waals surface area contributed by atoms with Gasteiger partial charge in [0.25, 0.3) is 0 Å². The van der Waals surface area contributed by atoms with Gasteiger partial charge >= 0.3 is 5.92 Å². The lowest BCUT2D eigenvalue weighted by atomic mass is 10.3. The van der Waals surface area contributed by atoms with Gasteiger partial charge in [0.1, 0.15) is 0 Å². The van der Waals surface area contributed by atoms with Crippen molar-refractivity contribution in [3.05, 3.63) is 25.2 Å².